The SMILES string of the molecule is C[N+](C)=c1ccc2c(-c3ccccc3C(=O)O)c3ccc4cc(O)ccc4c3oc-2c1. The van der Waals surface area contributed by atoms with Crippen molar-refractivity contribution in [1.29, 1.82) is 0 Å². The molecule has 0 atom stereocenters. The number of hydrogen-bond acceptors (Lipinski definition) is 3. The van der Waals surface area contributed by atoms with E-state index in [2.05, 4.69) is 0 Å². The summed E-state index contributed by atoms with van der Waals surface area (Å²) >= 11 is 0. The molecule has 152 valence electrons. The largest absolute Gasteiger partial charge is 0.508 e. The van der Waals surface area contributed by atoms with Crippen LogP contribution in [0.25, 0.3) is 44.2 Å². The zero-order valence-corrected chi connectivity index (χ0v) is 17.1. The second kappa shape index (κ2) is 6.99. The topological polar surface area (TPSA) is 73.7 Å². The van der Waals surface area contributed by atoms with Crippen molar-refractivity contribution in [2.75, 3.05) is 14.1 Å². The molecule has 31 heavy (non-hydrogen) atoms. The van der Waals surface area contributed by atoms with Crippen LogP contribution in [0.4, 0.5) is 0 Å². The number of rotatable bonds is 2. The Morgan fingerprint density at radius 3 is 2.42 bits per heavy atom. The highest BCUT2D eigenvalue weighted by Crippen LogP contribution is 2.43. The molecule has 1 aliphatic heterocycles. The number of phenolic OH excluding ortho intramolecular Hbond substituents is 1. The molecule has 0 radical (unpaired) electrons. The molecular formula is C26H20NO4+. The summed E-state index contributed by atoms with van der Waals surface area (Å²) in [6.45, 7) is 0. The van der Waals surface area contributed by atoms with Crippen molar-refractivity contribution in [3.8, 4) is 28.2 Å². The van der Waals surface area contributed by atoms with Gasteiger partial charge in [-0.15, -0.1) is 0 Å². The molecule has 0 amide bonds. The predicted molar refractivity (Wildman–Crippen MR) is 122 cm³/mol. The number of aromatic carboxylic acids is 1. The zero-order chi connectivity index (χ0) is 21.7. The van der Waals surface area contributed by atoms with E-state index < -0.39 is 5.97 Å². The van der Waals surface area contributed by atoms with Gasteiger partial charge in [0.15, 0.2) is 0 Å². The number of benzene rings is 4. The number of aromatic hydroxyl groups is 1. The van der Waals surface area contributed by atoms with Crippen molar-refractivity contribution in [3.05, 3.63) is 83.7 Å². The van der Waals surface area contributed by atoms with Crippen LogP contribution in [-0.2, 0) is 0 Å². The Bertz CT molecular complexity index is 1540. The number of fused-ring (bicyclic) bond motifs is 4. The van der Waals surface area contributed by atoms with E-state index in [-0.39, 0.29) is 11.3 Å². The first-order valence-electron chi connectivity index (χ1n) is 9.89. The van der Waals surface area contributed by atoms with E-state index in [1.54, 1.807) is 24.3 Å². The van der Waals surface area contributed by atoms with Gasteiger partial charge in [0.2, 0.25) is 5.36 Å². The zero-order valence-electron chi connectivity index (χ0n) is 17.1. The van der Waals surface area contributed by atoms with Crippen LogP contribution in [0.3, 0.4) is 0 Å². The molecule has 0 bridgehead atoms. The molecule has 5 rings (SSSR count). The highest BCUT2D eigenvalue weighted by atomic mass is 16.4. The lowest BCUT2D eigenvalue weighted by Gasteiger charge is -2.17. The standard InChI is InChI=1S/C26H19NO4/c1-27(2)16-8-11-21-23(14-16)31-25-18-12-9-17(28)13-15(18)7-10-22(25)24(21)19-5-3-4-6-20(19)26(29)30/h3-14H,1-2H3,(H,29,30)/p+1. The maximum absolute atomic E-state index is 12.0. The van der Waals surface area contributed by atoms with Crippen LogP contribution in [0, 0.1) is 0 Å². The summed E-state index contributed by atoms with van der Waals surface area (Å²) in [6.07, 6.45) is 0. The van der Waals surface area contributed by atoms with Gasteiger partial charge in [0.1, 0.15) is 31.2 Å². The minimum absolute atomic E-state index is 0.180. The molecule has 2 aliphatic rings. The molecule has 0 fully saturated rings. The molecule has 1 aliphatic carbocycles. The van der Waals surface area contributed by atoms with Gasteiger partial charge >= 0.3 is 5.97 Å². The number of carboxylic acid groups (broad SMARTS) is 1. The number of carboxylic acids is 1. The van der Waals surface area contributed by atoms with Gasteiger partial charge < -0.3 is 14.6 Å². The normalized spacial score (nSPS) is 11.3. The van der Waals surface area contributed by atoms with E-state index in [0.717, 1.165) is 32.6 Å². The summed E-state index contributed by atoms with van der Waals surface area (Å²) in [4.78, 5) is 12.0. The average Bonchev–Trinajstić information content (AvgIpc) is 2.76. The van der Waals surface area contributed by atoms with Crippen molar-refractivity contribution < 1.29 is 19.4 Å². The highest BCUT2D eigenvalue weighted by molar-refractivity contribution is 6.14. The maximum Gasteiger partial charge on any atom is 0.336 e. The van der Waals surface area contributed by atoms with Gasteiger partial charge in [0.25, 0.3) is 0 Å². The average molecular weight is 410 g/mol. The quantitative estimate of drug-likeness (QED) is 0.249. The second-order valence-electron chi connectivity index (χ2n) is 7.75. The Hall–Kier alpha value is -4.12. The number of phenols is 1. The molecular weight excluding hydrogens is 390 g/mol. The fraction of sp³-hybridized carbons (Fsp3) is 0.0769. The summed E-state index contributed by atoms with van der Waals surface area (Å²) < 4.78 is 8.39. The molecule has 0 aromatic heterocycles. The van der Waals surface area contributed by atoms with E-state index >= 15 is 0 Å². The van der Waals surface area contributed by atoms with Gasteiger partial charge in [-0.3, -0.25) is 0 Å². The molecule has 5 heteroatoms. The summed E-state index contributed by atoms with van der Waals surface area (Å²) in [5.41, 5.74) is 3.17. The first-order valence-corrected chi connectivity index (χ1v) is 9.89. The molecule has 3 aromatic rings. The first kappa shape index (κ1) is 18.9. The van der Waals surface area contributed by atoms with Crippen LogP contribution in [0.15, 0.2) is 77.2 Å². The van der Waals surface area contributed by atoms with Crippen LogP contribution < -0.4 is 9.93 Å². The Morgan fingerprint density at radius 2 is 1.65 bits per heavy atom. The summed E-state index contributed by atoms with van der Waals surface area (Å²) in [7, 11) is 3.92. The Balaban J connectivity index is 2.03. The maximum atomic E-state index is 12.0. The highest BCUT2D eigenvalue weighted by Gasteiger charge is 2.22. The van der Waals surface area contributed by atoms with Crippen molar-refractivity contribution >= 4 is 27.7 Å². The molecule has 0 spiro atoms. The van der Waals surface area contributed by atoms with Gasteiger partial charge in [-0.2, -0.15) is 0 Å². The lowest BCUT2D eigenvalue weighted by molar-refractivity contribution is 0.0697. The van der Waals surface area contributed by atoms with Gasteiger partial charge in [0.05, 0.1) is 11.6 Å². The van der Waals surface area contributed by atoms with Gasteiger partial charge in [0, 0.05) is 28.0 Å². The van der Waals surface area contributed by atoms with E-state index in [1.807, 2.05) is 67.2 Å². The molecule has 0 unspecified atom stereocenters. The van der Waals surface area contributed by atoms with E-state index in [4.69, 9.17) is 4.42 Å². The Labute approximate surface area is 178 Å². The second-order valence-corrected chi connectivity index (χ2v) is 7.75. The number of carbonyl (C=O) groups is 1. The van der Waals surface area contributed by atoms with Crippen molar-refractivity contribution in [2.24, 2.45) is 0 Å². The molecule has 5 nitrogen and oxygen atoms in total. The van der Waals surface area contributed by atoms with Crippen LogP contribution in [-0.4, -0.2) is 30.3 Å². The van der Waals surface area contributed by atoms with Gasteiger partial charge in [-0.1, -0.05) is 24.3 Å². The summed E-state index contributed by atoms with van der Waals surface area (Å²) in [5.74, 6) is -0.137. The lowest BCUT2D eigenvalue weighted by atomic mass is 9.90. The molecule has 2 N–H and O–H groups in total. The van der Waals surface area contributed by atoms with Gasteiger partial charge in [-0.05, 0) is 47.3 Å². The third-order valence-electron chi connectivity index (χ3n) is 5.61. The van der Waals surface area contributed by atoms with Crippen LogP contribution in [0.5, 0.6) is 5.75 Å². The molecule has 0 saturated heterocycles. The third kappa shape index (κ3) is 3.02. The minimum atomic E-state index is -0.978. The van der Waals surface area contributed by atoms with Crippen LogP contribution in [0.1, 0.15) is 10.4 Å². The summed E-state index contributed by atoms with van der Waals surface area (Å²) in [6, 6.07) is 21.9. The molecule has 3 aromatic carbocycles. The fourth-order valence-electron chi connectivity index (χ4n) is 4.11. The fourth-order valence-corrected chi connectivity index (χ4v) is 4.11. The predicted octanol–water partition coefficient (Wildman–Crippen LogP) is 4.79. The van der Waals surface area contributed by atoms with Crippen molar-refractivity contribution in [2.45, 2.75) is 0 Å². The third-order valence-corrected chi connectivity index (χ3v) is 5.61. The summed E-state index contributed by atoms with van der Waals surface area (Å²) in [5, 5.41) is 23.2. The molecule has 0 saturated carbocycles. The van der Waals surface area contributed by atoms with Crippen molar-refractivity contribution in [1.82, 2.24) is 4.58 Å². The molecule has 1 heterocycles. The lowest BCUT2D eigenvalue weighted by Crippen LogP contribution is -2.21. The van der Waals surface area contributed by atoms with Crippen LogP contribution >= 0.6 is 0 Å². The van der Waals surface area contributed by atoms with Crippen LogP contribution in [0.2, 0.25) is 0 Å². The number of nitrogens with zero attached hydrogens (tertiary/aromatic N) is 1. The first-order chi connectivity index (χ1) is 14.9. The van der Waals surface area contributed by atoms with E-state index in [0.29, 0.717) is 16.9 Å². The number of hydrogen-bond donors (Lipinski definition) is 2. The van der Waals surface area contributed by atoms with Gasteiger partial charge in [-0.25, -0.2) is 9.37 Å². The monoisotopic (exact) mass is 410 g/mol. The Morgan fingerprint density at radius 1 is 0.871 bits per heavy atom. The minimum Gasteiger partial charge on any atom is -0.508 e. The van der Waals surface area contributed by atoms with E-state index in [1.165, 1.54) is 0 Å². The smallest absolute Gasteiger partial charge is 0.336 e. The Kier molecular flexibility index (Phi) is 4.26. The van der Waals surface area contributed by atoms with Crippen molar-refractivity contribution in [3.63, 3.8) is 0 Å². The van der Waals surface area contributed by atoms with E-state index in [9.17, 15) is 15.0 Å².